The second-order valence-corrected chi connectivity index (χ2v) is 6.85. The number of halogens is 2. The van der Waals surface area contributed by atoms with Crippen molar-refractivity contribution in [3.63, 3.8) is 0 Å². The highest BCUT2D eigenvalue weighted by atomic mass is 79.9. The van der Waals surface area contributed by atoms with Crippen LogP contribution in [-0.4, -0.2) is 16.0 Å². The first-order valence-corrected chi connectivity index (χ1v) is 8.90. The van der Waals surface area contributed by atoms with Crippen molar-refractivity contribution in [2.75, 3.05) is 10.6 Å². The summed E-state index contributed by atoms with van der Waals surface area (Å²) in [6.45, 7) is 0. The first-order chi connectivity index (χ1) is 12.2. The molecule has 0 spiro atoms. The molecule has 25 heavy (non-hydrogen) atoms. The molecule has 1 aliphatic rings. The minimum Gasteiger partial charge on any atom is -0.351 e. The standard InChI is InChI=1S/C19H16BrFN4/c20-15-10-13(21)6-9-16(15)23-18-11-17(12-4-2-1-3-5-12)24-19(25-18)22-14-7-8-14/h1-6,9-11,14H,7-8H2,(H2,22,23,24,25). The Bertz CT molecular complexity index is 897. The lowest BCUT2D eigenvalue weighted by Gasteiger charge is -2.12. The van der Waals surface area contributed by atoms with E-state index in [-0.39, 0.29) is 5.82 Å². The van der Waals surface area contributed by atoms with Gasteiger partial charge in [-0.15, -0.1) is 0 Å². The van der Waals surface area contributed by atoms with Gasteiger partial charge < -0.3 is 10.6 Å². The second-order valence-electron chi connectivity index (χ2n) is 6.00. The lowest BCUT2D eigenvalue weighted by atomic mass is 10.1. The average Bonchev–Trinajstić information content (AvgIpc) is 3.42. The maximum absolute atomic E-state index is 13.3. The Hall–Kier alpha value is -2.47. The Morgan fingerprint density at radius 1 is 1.00 bits per heavy atom. The largest absolute Gasteiger partial charge is 0.351 e. The van der Waals surface area contributed by atoms with Crippen molar-refractivity contribution in [3.8, 4) is 11.3 Å². The minimum absolute atomic E-state index is 0.291. The number of benzene rings is 2. The summed E-state index contributed by atoms with van der Waals surface area (Å²) < 4.78 is 13.9. The molecule has 6 heteroatoms. The zero-order valence-corrected chi connectivity index (χ0v) is 14.9. The van der Waals surface area contributed by atoms with Gasteiger partial charge in [-0.05, 0) is 47.0 Å². The van der Waals surface area contributed by atoms with Crippen molar-refractivity contribution in [2.45, 2.75) is 18.9 Å². The van der Waals surface area contributed by atoms with Gasteiger partial charge in [0.05, 0.1) is 11.4 Å². The highest BCUT2D eigenvalue weighted by molar-refractivity contribution is 9.10. The molecule has 1 heterocycles. The van der Waals surface area contributed by atoms with E-state index in [0.29, 0.717) is 22.3 Å². The van der Waals surface area contributed by atoms with Crippen LogP contribution in [-0.2, 0) is 0 Å². The van der Waals surface area contributed by atoms with E-state index in [0.717, 1.165) is 29.8 Å². The third kappa shape index (κ3) is 3.96. The summed E-state index contributed by atoms with van der Waals surface area (Å²) in [7, 11) is 0. The van der Waals surface area contributed by atoms with Gasteiger partial charge in [-0.1, -0.05) is 30.3 Å². The highest BCUT2D eigenvalue weighted by Crippen LogP contribution is 2.30. The Labute approximate surface area is 153 Å². The van der Waals surface area contributed by atoms with Gasteiger partial charge >= 0.3 is 0 Å². The lowest BCUT2D eigenvalue weighted by Crippen LogP contribution is -2.07. The van der Waals surface area contributed by atoms with Crippen molar-refractivity contribution in [3.05, 3.63) is 64.9 Å². The molecule has 0 bridgehead atoms. The topological polar surface area (TPSA) is 49.8 Å². The molecule has 0 amide bonds. The van der Waals surface area contributed by atoms with Crippen LogP contribution in [0.25, 0.3) is 11.3 Å². The van der Waals surface area contributed by atoms with Gasteiger partial charge in [-0.25, -0.2) is 9.37 Å². The van der Waals surface area contributed by atoms with Crippen LogP contribution < -0.4 is 10.6 Å². The average molecular weight is 399 g/mol. The predicted molar refractivity (Wildman–Crippen MR) is 101 cm³/mol. The van der Waals surface area contributed by atoms with Crippen molar-refractivity contribution >= 4 is 33.4 Å². The molecular formula is C19H16BrFN4. The van der Waals surface area contributed by atoms with Gasteiger partial charge in [0.15, 0.2) is 0 Å². The highest BCUT2D eigenvalue weighted by Gasteiger charge is 2.22. The molecule has 0 unspecified atom stereocenters. The Morgan fingerprint density at radius 3 is 2.52 bits per heavy atom. The minimum atomic E-state index is -0.291. The predicted octanol–water partition coefficient (Wildman–Crippen LogP) is 5.36. The molecule has 2 N–H and O–H groups in total. The molecule has 0 atom stereocenters. The second kappa shape index (κ2) is 6.80. The van der Waals surface area contributed by atoms with E-state index >= 15 is 0 Å². The number of nitrogens with one attached hydrogen (secondary N) is 2. The van der Waals surface area contributed by atoms with Gasteiger partial charge in [-0.3, -0.25) is 0 Å². The summed E-state index contributed by atoms with van der Waals surface area (Å²) >= 11 is 3.38. The zero-order valence-electron chi connectivity index (χ0n) is 13.3. The summed E-state index contributed by atoms with van der Waals surface area (Å²) in [5.74, 6) is 0.968. The lowest BCUT2D eigenvalue weighted by molar-refractivity contribution is 0.627. The Balaban J connectivity index is 1.70. The molecule has 1 fully saturated rings. The molecule has 0 aliphatic heterocycles. The molecule has 3 aromatic rings. The van der Waals surface area contributed by atoms with Crippen LogP contribution in [0.4, 0.5) is 21.8 Å². The molecule has 4 rings (SSSR count). The van der Waals surface area contributed by atoms with Crippen LogP contribution in [0.15, 0.2) is 59.1 Å². The first-order valence-electron chi connectivity index (χ1n) is 8.10. The third-order valence-electron chi connectivity index (χ3n) is 3.90. The van der Waals surface area contributed by atoms with Crippen LogP contribution in [0.3, 0.4) is 0 Å². The maximum Gasteiger partial charge on any atom is 0.225 e. The molecule has 4 nitrogen and oxygen atoms in total. The molecule has 1 aromatic heterocycles. The first kappa shape index (κ1) is 16.0. The summed E-state index contributed by atoms with van der Waals surface area (Å²) in [6.07, 6.45) is 2.29. The number of rotatable bonds is 5. The maximum atomic E-state index is 13.3. The monoisotopic (exact) mass is 398 g/mol. The fourth-order valence-electron chi connectivity index (χ4n) is 2.47. The van der Waals surface area contributed by atoms with E-state index in [1.165, 1.54) is 12.1 Å². The van der Waals surface area contributed by atoms with E-state index in [1.807, 2.05) is 36.4 Å². The van der Waals surface area contributed by atoms with Crippen molar-refractivity contribution in [1.82, 2.24) is 9.97 Å². The van der Waals surface area contributed by atoms with E-state index in [4.69, 9.17) is 0 Å². The number of hydrogen-bond acceptors (Lipinski definition) is 4. The summed E-state index contributed by atoms with van der Waals surface area (Å²) in [6, 6.07) is 16.8. The van der Waals surface area contributed by atoms with Gasteiger partial charge in [0, 0.05) is 22.1 Å². The van der Waals surface area contributed by atoms with Crippen LogP contribution >= 0.6 is 15.9 Å². The number of hydrogen-bond donors (Lipinski definition) is 2. The quantitative estimate of drug-likeness (QED) is 0.606. The molecule has 0 saturated heterocycles. The van der Waals surface area contributed by atoms with Crippen molar-refractivity contribution in [1.29, 1.82) is 0 Å². The normalized spacial score (nSPS) is 13.5. The molecule has 0 radical (unpaired) electrons. The number of nitrogens with zero attached hydrogens (tertiary/aromatic N) is 2. The molecular weight excluding hydrogens is 383 g/mol. The number of anilines is 3. The molecule has 1 aliphatic carbocycles. The van der Waals surface area contributed by atoms with Crippen LogP contribution in [0.2, 0.25) is 0 Å². The third-order valence-corrected chi connectivity index (χ3v) is 4.56. The van der Waals surface area contributed by atoms with E-state index < -0.39 is 0 Å². The van der Waals surface area contributed by atoms with Gasteiger partial charge in [-0.2, -0.15) is 4.98 Å². The summed E-state index contributed by atoms with van der Waals surface area (Å²) in [4.78, 5) is 9.18. The van der Waals surface area contributed by atoms with E-state index in [2.05, 4.69) is 36.5 Å². The molecule has 126 valence electrons. The van der Waals surface area contributed by atoms with Gasteiger partial charge in [0.2, 0.25) is 5.95 Å². The SMILES string of the molecule is Fc1ccc(Nc2cc(-c3ccccc3)nc(NC3CC3)n2)c(Br)c1. The summed E-state index contributed by atoms with van der Waals surface area (Å²) in [5.41, 5.74) is 2.60. The fourth-order valence-corrected chi connectivity index (χ4v) is 2.92. The summed E-state index contributed by atoms with van der Waals surface area (Å²) in [5, 5.41) is 6.58. The van der Waals surface area contributed by atoms with E-state index in [9.17, 15) is 4.39 Å². The van der Waals surface area contributed by atoms with Gasteiger partial charge in [0.25, 0.3) is 0 Å². The van der Waals surface area contributed by atoms with E-state index in [1.54, 1.807) is 6.07 Å². The number of aromatic nitrogens is 2. The van der Waals surface area contributed by atoms with Crippen LogP contribution in [0.1, 0.15) is 12.8 Å². The van der Waals surface area contributed by atoms with Crippen LogP contribution in [0.5, 0.6) is 0 Å². The molecule has 1 saturated carbocycles. The Morgan fingerprint density at radius 2 is 1.80 bits per heavy atom. The molecule has 2 aromatic carbocycles. The Kier molecular flexibility index (Phi) is 4.36. The fraction of sp³-hybridized carbons (Fsp3) is 0.158. The van der Waals surface area contributed by atoms with Gasteiger partial charge in [0.1, 0.15) is 11.6 Å². The zero-order chi connectivity index (χ0) is 17.2. The van der Waals surface area contributed by atoms with Crippen molar-refractivity contribution in [2.24, 2.45) is 0 Å². The smallest absolute Gasteiger partial charge is 0.225 e. The van der Waals surface area contributed by atoms with Crippen molar-refractivity contribution < 1.29 is 4.39 Å². The van der Waals surface area contributed by atoms with Crippen LogP contribution in [0, 0.1) is 5.82 Å².